The predicted octanol–water partition coefficient (Wildman–Crippen LogP) is 5.41. The van der Waals surface area contributed by atoms with Gasteiger partial charge in [0.05, 0.1) is 0 Å². The first-order valence-electron chi connectivity index (χ1n) is 10.9. The smallest absolute Gasteiger partial charge is 0.326 e. The molecular weight excluding hydrogens is 404 g/mol. The summed E-state index contributed by atoms with van der Waals surface area (Å²) in [5.74, 6) is 0. The van der Waals surface area contributed by atoms with Crippen LogP contribution in [0.25, 0.3) is 12.2 Å². The molecule has 2 aromatic carbocycles. The van der Waals surface area contributed by atoms with Crippen LogP contribution in [0.3, 0.4) is 0 Å². The Morgan fingerprint density at radius 1 is 0.774 bits per heavy atom. The van der Waals surface area contributed by atoms with E-state index in [0.717, 1.165) is 25.7 Å². The first-order chi connectivity index (χ1) is 15.2. The summed E-state index contributed by atoms with van der Waals surface area (Å²) >= 11 is 0. The van der Waals surface area contributed by atoms with Gasteiger partial charge < -0.3 is 18.3 Å². The van der Waals surface area contributed by atoms with Crippen LogP contribution in [0.2, 0.25) is 6.04 Å². The van der Waals surface area contributed by atoms with Gasteiger partial charge >= 0.3 is 9.28 Å². The van der Waals surface area contributed by atoms with Gasteiger partial charge in [0.25, 0.3) is 0 Å². The van der Waals surface area contributed by atoms with Crippen LogP contribution in [0.5, 0.6) is 0 Å². The third kappa shape index (κ3) is 8.93. The van der Waals surface area contributed by atoms with Crippen LogP contribution in [-0.4, -0.2) is 43.0 Å². The maximum Gasteiger partial charge on any atom is 0.326 e. The fourth-order valence-electron chi connectivity index (χ4n) is 3.51. The van der Waals surface area contributed by atoms with Crippen molar-refractivity contribution in [2.45, 2.75) is 38.0 Å². The lowest BCUT2D eigenvalue weighted by molar-refractivity contribution is -0.0919. The van der Waals surface area contributed by atoms with Crippen LogP contribution in [0.1, 0.15) is 35.1 Å². The van der Waals surface area contributed by atoms with E-state index in [0.29, 0.717) is 19.3 Å². The average Bonchev–Trinajstić information content (AvgIpc) is 2.82. The number of hydrogen-bond donors (Lipinski definition) is 0. The lowest BCUT2D eigenvalue weighted by atomic mass is 10.0. The standard InChI is InChI=1S/C26H36O4Si/c1-5-22-13-7-9-15-24(22)17-11-19-29-31(21-26(27-3)28-4)30-20-12-18-25-16-10-8-14-23(25)6-2/h5-10,13-16,26,31H,1-2,11-12,17-21H2,3-4H3. The molecular formula is C26H36O4Si. The normalized spacial score (nSPS) is 11.2. The molecule has 4 nitrogen and oxygen atoms in total. The minimum Gasteiger partial charge on any atom is -0.396 e. The van der Waals surface area contributed by atoms with E-state index in [9.17, 15) is 0 Å². The maximum atomic E-state index is 6.18. The highest BCUT2D eigenvalue weighted by molar-refractivity contribution is 6.44. The van der Waals surface area contributed by atoms with E-state index >= 15 is 0 Å². The number of benzene rings is 2. The highest BCUT2D eigenvalue weighted by Crippen LogP contribution is 2.15. The van der Waals surface area contributed by atoms with Crippen LogP contribution in [-0.2, 0) is 31.2 Å². The van der Waals surface area contributed by atoms with Gasteiger partial charge in [0.2, 0.25) is 0 Å². The van der Waals surface area contributed by atoms with Crippen LogP contribution in [0.15, 0.2) is 61.7 Å². The molecule has 0 aromatic heterocycles. The number of ether oxygens (including phenoxy) is 2. The van der Waals surface area contributed by atoms with Gasteiger partial charge in [-0.15, -0.1) is 0 Å². The van der Waals surface area contributed by atoms with Crippen LogP contribution >= 0.6 is 0 Å². The summed E-state index contributed by atoms with van der Waals surface area (Å²) in [7, 11) is 1.39. The van der Waals surface area contributed by atoms with E-state index in [4.69, 9.17) is 18.3 Å². The Hall–Kier alpha value is -2.02. The number of rotatable bonds is 16. The molecule has 0 fully saturated rings. The van der Waals surface area contributed by atoms with Gasteiger partial charge in [-0.1, -0.05) is 73.8 Å². The molecule has 0 unspecified atom stereocenters. The van der Waals surface area contributed by atoms with E-state index in [1.807, 2.05) is 24.3 Å². The molecule has 0 N–H and O–H groups in total. The van der Waals surface area contributed by atoms with Crippen molar-refractivity contribution in [1.82, 2.24) is 0 Å². The molecule has 0 spiro atoms. The quantitative estimate of drug-likeness (QED) is 0.199. The van der Waals surface area contributed by atoms with E-state index in [-0.39, 0.29) is 6.29 Å². The first kappa shape index (κ1) is 25.2. The Labute approximate surface area is 189 Å². The Morgan fingerprint density at radius 3 is 1.65 bits per heavy atom. The second-order valence-corrected chi connectivity index (χ2v) is 9.32. The molecule has 0 aliphatic rings. The van der Waals surface area contributed by atoms with Crippen molar-refractivity contribution in [2.24, 2.45) is 0 Å². The van der Waals surface area contributed by atoms with Crippen molar-refractivity contribution >= 4 is 21.4 Å². The minimum atomic E-state index is -1.91. The number of hydrogen-bond acceptors (Lipinski definition) is 4. The Balaban J connectivity index is 1.80. The highest BCUT2D eigenvalue weighted by Gasteiger charge is 2.20. The molecule has 0 radical (unpaired) electrons. The van der Waals surface area contributed by atoms with Gasteiger partial charge in [-0.2, -0.15) is 0 Å². The van der Waals surface area contributed by atoms with Crippen molar-refractivity contribution in [3.63, 3.8) is 0 Å². The van der Waals surface area contributed by atoms with Crippen LogP contribution in [0.4, 0.5) is 0 Å². The summed E-state index contributed by atoms with van der Waals surface area (Å²) in [6, 6.07) is 17.4. The fourth-order valence-corrected chi connectivity index (χ4v) is 5.43. The van der Waals surface area contributed by atoms with Crippen LogP contribution in [0, 0.1) is 0 Å². The molecule has 0 aliphatic carbocycles. The Bertz CT molecular complexity index is 729. The monoisotopic (exact) mass is 440 g/mol. The molecule has 0 saturated heterocycles. The van der Waals surface area contributed by atoms with Crippen molar-refractivity contribution in [1.29, 1.82) is 0 Å². The summed E-state index contributed by atoms with van der Waals surface area (Å²) in [5.41, 5.74) is 4.97. The minimum absolute atomic E-state index is 0.292. The molecule has 168 valence electrons. The molecule has 0 bridgehead atoms. The molecule has 5 heteroatoms. The molecule has 2 aromatic rings. The lowest BCUT2D eigenvalue weighted by Gasteiger charge is -2.21. The number of methoxy groups -OCH3 is 2. The Kier molecular flexibility index (Phi) is 12.1. The summed E-state index contributed by atoms with van der Waals surface area (Å²) < 4.78 is 23.1. The van der Waals surface area contributed by atoms with E-state index in [2.05, 4.69) is 49.6 Å². The lowest BCUT2D eigenvalue weighted by Crippen LogP contribution is -2.30. The second-order valence-electron chi connectivity index (χ2n) is 7.32. The van der Waals surface area contributed by atoms with Gasteiger partial charge in [0.15, 0.2) is 6.29 Å². The van der Waals surface area contributed by atoms with Crippen molar-refractivity contribution in [2.75, 3.05) is 27.4 Å². The summed E-state index contributed by atoms with van der Waals surface area (Å²) in [5, 5.41) is 0. The van der Waals surface area contributed by atoms with Crippen molar-refractivity contribution < 1.29 is 18.3 Å². The van der Waals surface area contributed by atoms with Gasteiger partial charge in [-0.05, 0) is 47.9 Å². The maximum absolute atomic E-state index is 6.18. The third-order valence-corrected chi connectivity index (χ3v) is 7.23. The summed E-state index contributed by atoms with van der Waals surface area (Å²) in [6.45, 7) is 9.13. The van der Waals surface area contributed by atoms with E-state index < -0.39 is 9.28 Å². The van der Waals surface area contributed by atoms with Gasteiger partial charge in [-0.3, -0.25) is 0 Å². The fraction of sp³-hybridized carbons (Fsp3) is 0.385. The largest absolute Gasteiger partial charge is 0.396 e. The van der Waals surface area contributed by atoms with Gasteiger partial charge in [-0.25, -0.2) is 0 Å². The highest BCUT2D eigenvalue weighted by atomic mass is 28.3. The molecule has 0 saturated carbocycles. The van der Waals surface area contributed by atoms with Gasteiger partial charge in [0.1, 0.15) is 0 Å². The molecule has 2 rings (SSSR count). The van der Waals surface area contributed by atoms with Crippen molar-refractivity contribution in [3.8, 4) is 0 Å². The SMILES string of the molecule is C=Cc1ccccc1CCCO[SiH](CC(OC)OC)OCCCc1ccccc1C=C. The average molecular weight is 441 g/mol. The summed E-state index contributed by atoms with van der Waals surface area (Å²) in [4.78, 5) is 0. The molecule has 0 amide bonds. The molecule has 0 heterocycles. The second kappa shape index (κ2) is 14.9. The first-order valence-corrected chi connectivity index (χ1v) is 12.7. The molecule has 0 aliphatic heterocycles. The topological polar surface area (TPSA) is 36.9 Å². The predicted molar refractivity (Wildman–Crippen MR) is 131 cm³/mol. The number of aryl methyl sites for hydroxylation is 2. The van der Waals surface area contributed by atoms with E-state index in [1.165, 1.54) is 22.3 Å². The Morgan fingerprint density at radius 2 is 1.23 bits per heavy atom. The van der Waals surface area contributed by atoms with E-state index in [1.54, 1.807) is 14.2 Å². The molecule has 31 heavy (non-hydrogen) atoms. The zero-order valence-electron chi connectivity index (χ0n) is 18.9. The zero-order chi connectivity index (χ0) is 22.3. The molecule has 0 atom stereocenters. The third-order valence-electron chi connectivity index (χ3n) is 5.25. The summed E-state index contributed by atoms with van der Waals surface area (Å²) in [6.07, 6.45) is 7.31. The zero-order valence-corrected chi connectivity index (χ0v) is 20.1. The van der Waals surface area contributed by atoms with Crippen molar-refractivity contribution in [3.05, 3.63) is 83.9 Å². The van der Waals surface area contributed by atoms with Gasteiger partial charge in [0, 0.05) is 33.5 Å². The van der Waals surface area contributed by atoms with Crippen LogP contribution < -0.4 is 0 Å².